The van der Waals surface area contributed by atoms with Gasteiger partial charge in [0, 0.05) is 23.7 Å². The normalized spacial score (nSPS) is 19.9. The van der Waals surface area contributed by atoms with Gasteiger partial charge >= 0.3 is 0 Å². The van der Waals surface area contributed by atoms with E-state index < -0.39 is 0 Å². The summed E-state index contributed by atoms with van der Waals surface area (Å²) in [4.78, 5) is 0. The third-order valence-corrected chi connectivity index (χ3v) is 3.70. The third kappa shape index (κ3) is 2.18. The van der Waals surface area contributed by atoms with Crippen LogP contribution in [-0.4, -0.2) is 23.3 Å². The second-order valence-corrected chi connectivity index (χ2v) is 5.11. The number of piperidine rings is 1. The molecule has 3 rings (SSSR count). The van der Waals surface area contributed by atoms with Gasteiger partial charge in [0.15, 0.2) is 0 Å². The van der Waals surface area contributed by atoms with Crippen molar-refractivity contribution in [1.82, 2.24) is 15.5 Å². The van der Waals surface area contributed by atoms with E-state index in [0.29, 0.717) is 5.92 Å². The molecular weight excluding hydrogens is 222 g/mol. The average molecular weight is 241 g/mol. The molecule has 1 aromatic heterocycles. The van der Waals surface area contributed by atoms with Crippen LogP contribution in [0.1, 0.15) is 30.0 Å². The molecule has 1 aliphatic rings. The van der Waals surface area contributed by atoms with E-state index in [0.717, 1.165) is 13.1 Å². The molecule has 0 spiro atoms. The standard InChI is InChI=1S/C15H19N3/c1-11-4-2-5-12(8-11)14-10-17-18-15(14)13-6-3-7-16-9-13/h2,4-5,8,10,13,16H,3,6-7,9H2,1H3,(H,17,18). The molecule has 1 saturated heterocycles. The lowest BCUT2D eigenvalue weighted by Gasteiger charge is -2.22. The molecular formula is C15H19N3. The molecule has 3 heteroatoms. The maximum Gasteiger partial charge on any atom is 0.0568 e. The predicted molar refractivity (Wildman–Crippen MR) is 73.6 cm³/mol. The van der Waals surface area contributed by atoms with Crippen molar-refractivity contribution in [2.24, 2.45) is 0 Å². The van der Waals surface area contributed by atoms with E-state index in [4.69, 9.17) is 0 Å². The van der Waals surface area contributed by atoms with Gasteiger partial charge in [0.25, 0.3) is 0 Å². The highest BCUT2D eigenvalue weighted by Crippen LogP contribution is 2.31. The number of nitrogens with zero attached hydrogens (tertiary/aromatic N) is 1. The Morgan fingerprint density at radius 2 is 2.28 bits per heavy atom. The van der Waals surface area contributed by atoms with E-state index in [1.54, 1.807) is 0 Å². The highest BCUT2D eigenvalue weighted by molar-refractivity contribution is 5.66. The molecule has 0 bridgehead atoms. The first-order valence-corrected chi connectivity index (χ1v) is 6.65. The Morgan fingerprint density at radius 1 is 1.33 bits per heavy atom. The molecule has 1 atom stereocenters. The third-order valence-electron chi connectivity index (χ3n) is 3.70. The summed E-state index contributed by atoms with van der Waals surface area (Å²) in [5, 5.41) is 10.9. The molecule has 0 aliphatic carbocycles. The quantitative estimate of drug-likeness (QED) is 0.848. The Labute approximate surface area is 108 Å². The maximum atomic E-state index is 4.25. The average Bonchev–Trinajstić information content (AvgIpc) is 2.89. The van der Waals surface area contributed by atoms with E-state index in [2.05, 4.69) is 46.7 Å². The Kier molecular flexibility index (Phi) is 3.15. The summed E-state index contributed by atoms with van der Waals surface area (Å²) in [6, 6.07) is 8.63. The molecule has 1 unspecified atom stereocenters. The van der Waals surface area contributed by atoms with Crippen LogP contribution in [0.5, 0.6) is 0 Å². The van der Waals surface area contributed by atoms with Crippen LogP contribution in [0.25, 0.3) is 11.1 Å². The van der Waals surface area contributed by atoms with Gasteiger partial charge in [0.2, 0.25) is 0 Å². The molecule has 0 saturated carbocycles. The first-order chi connectivity index (χ1) is 8.84. The number of aryl methyl sites for hydroxylation is 1. The van der Waals surface area contributed by atoms with Crippen LogP contribution < -0.4 is 5.32 Å². The molecule has 1 aliphatic heterocycles. The molecule has 1 aromatic carbocycles. The largest absolute Gasteiger partial charge is 0.316 e. The van der Waals surface area contributed by atoms with Crippen molar-refractivity contribution in [3.63, 3.8) is 0 Å². The van der Waals surface area contributed by atoms with Crippen LogP contribution in [0.15, 0.2) is 30.5 Å². The molecule has 94 valence electrons. The number of hydrogen-bond donors (Lipinski definition) is 2. The number of H-pyrrole nitrogens is 1. The zero-order chi connectivity index (χ0) is 12.4. The second kappa shape index (κ2) is 4.94. The van der Waals surface area contributed by atoms with Gasteiger partial charge in [-0.2, -0.15) is 5.10 Å². The Bertz CT molecular complexity index is 524. The monoisotopic (exact) mass is 241 g/mol. The molecule has 1 fully saturated rings. The van der Waals surface area contributed by atoms with Crippen molar-refractivity contribution in [2.75, 3.05) is 13.1 Å². The highest BCUT2D eigenvalue weighted by atomic mass is 15.1. The minimum absolute atomic E-state index is 0.566. The zero-order valence-electron chi connectivity index (χ0n) is 10.7. The molecule has 3 nitrogen and oxygen atoms in total. The topological polar surface area (TPSA) is 40.7 Å². The highest BCUT2D eigenvalue weighted by Gasteiger charge is 2.20. The minimum atomic E-state index is 0.566. The predicted octanol–water partition coefficient (Wildman–Crippen LogP) is 2.85. The van der Waals surface area contributed by atoms with Gasteiger partial charge < -0.3 is 5.32 Å². The fraction of sp³-hybridized carbons (Fsp3) is 0.400. The molecule has 2 N–H and O–H groups in total. The number of aromatic amines is 1. The van der Waals surface area contributed by atoms with Crippen molar-refractivity contribution >= 4 is 0 Å². The van der Waals surface area contributed by atoms with Gasteiger partial charge in [-0.3, -0.25) is 5.10 Å². The van der Waals surface area contributed by atoms with Crippen molar-refractivity contribution in [3.8, 4) is 11.1 Å². The number of aromatic nitrogens is 2. The molecule has 0 amide bonds. The summed E-state index contributed by atoms with van der Waals surface area (Å²) in [5.74, 6) is 0.566. The van der Waals surface area contributed by atoms with Crippen LogP contribution in [0.3, 0.4) is 0 Å². The summed E-state index contributed by atoms with van der Waals surface area (Å²) in [7, 11) is 0. The Morgan fingerprint density at radius 3 is 3.06 bits per heavy atom. The van der Waals surface area contributed by atoms with Crippen LogP contribution in [0.2, 0.25) is 0 Å². The summed E-state index contributed by atoms with van der Waals surface area (Å²) in [6.07, 6.45) is 4.45. The van der Waals surface area contributed by atoms with E-state index in [1.165, 1.54) is 35.2 Å². The first kappa shape index (κ1) is 11.5. The Hall–Kier alpha value is -1.61. The van der Waals surface area contributed by atoms with Gasteiger partial charge in [0.1, 0.15) is 0 Å². The summed E-state index contributed by atoms with van der Waals surface area (Å²) < 4.78 is 0. The van der Waals surface area contributed by atoms with Crippen LogP contribution >= 0.6 is 0 Å². The maximum absolute atomic E-state index is 4.25. The SMILES string of the molecule is Cc1cccc(-c2cn[nH]c2C2CCCNC2)c1. The van der Waals surface area contributed by atoms with E-state index in [1.807, 2.05) is 6.20 Å². The number of benzene rings is 1. The van der Waals surface area contributed by atoms with Crippen molar-refractivity contribution < 1.29 is 0 Å². The van der Waals surface area contributed by atoms with Crippen LogP contribution in [0, 0.1) is 6.92 Å². The summed E-state index contributed by atoms with van der Waals surface area (Å²) >= 11 is 0. The summed E-state index contributed by atoms with van der Waals surface area (Å²) in [6.45, 7) is 4.33. The van der Waals surface area contributed by atoms with Gasteiger partial charge in [-0.1, -0.05) is 29.8 Å². The van der Waals surface area contributed by atoms with Gasteiger partial charge in [-0.25, -0.2) is 0 Å². The lowest BCUT2D eigenvalue weighted by molar-refractivity contribution is 0.455. The lowest BCUT2D eigenvalue weighted by Crippen LogP contribution is -2.28. The van der Waals surface area contributed by atoms with Crippen molar-refractivity contribution in [2.45, 2.75) is 25.7 Å². The number of hydrogen-bond acceptors (Lipinski definition) is 2. The first-order valence-electron chi connectivity index (χ1n) is 6.65. The van der Waals surface area contributed by atoms with Gasteiger partial charge in [-0.05, 0) is 31.9 Å². The summed E-state index contributed by atoms with van der Waals surface area (Å²) in [5.41, 5.74) is 5.10. The van der Waals surface area contributed by atoms with Crippen molar-refractivity contribution in [3.05, 3.63) is 41.7 Å². The van der Waals surface area contributed by atoms with Gasteiger partial charge in [0.05, 0.1) is 6.20 Å². The number of rotatable bonds is 2. The molecule has 18 heavy (non-hydrogen) atoms. The molecule has 2 aromatic rings. The smallest absolute Gasteiger partial charge is 0.0568 e. The zero-order valence-corrected chi connectivity index (χ0v) is 10.7. The fourth-order valence-corrected chi connectivity index (χ4v) is 2.75. The van der Waals surface area contributed by atoms with E-state index in [-0.39, 0.29) is 0 Å². The molecule has 2 heterocycles. The van der Waals surface area contributed by atoms with E-state index >= 15 is 0 Å². The van der Waals surface area contributed by atoms with Crippen LogP contribution in [-0.2, 0) is 0 Å². The second-order valence-electron chi connectivity index (χ2n) is 5.11. The molecule has 0 radical (unpaired) electrons. The van der Waals surface area contributed by atoms with Crippen molar-refractivity contribution in [1.29, 1.82) is 0 Å². The Balaban J connectivity index is 1.95. The van der Waals surface area contributed by atoms with Gasteiger partial charge in [-0.15, -0.1) is 0 Å². The van der Waals surface area contributed by atoms with E-state index in [9.17, 15) is 0 Å². The van der Waals surface area contributed by atoms with Crippen LogP contribution in [0.4, 0.5) is 0 Å². The lowest BCUT2D eigenvalue weighted by atomic mass is 9.91. The fourth-order valence-electron chi connectivity index (χ4n) is 2.75. The minimum Gasteiger partial charge on any atom is -0.316 e. The number of nitrogens with one attached hydrogen (secondary N) is 2.